The summed E-state index contributed by atoms with van der Waals surface area (Å²) in [5.41, 5.74) is 3.98. The number of likely N-dealkylation sites (N-methyl/N-ethyl adjacent to an activating group) is 1. The topological polar surface area (TPSA) is 12.0 Å². The lowest BCUT2D eigenvalue weighted by molar-refractivity contribution is 0.788. The molecule has 13 heavy (non-hydrogen) atoms. The molecular weight excluding hydrogens is 182 g/mol. The lowest BCUT2D eigenvalue weighted by Crippen LogP contribution is -2.11. The Morgan fingerprint density at radius 3 is 2.62 bits per heavy atom. The molecule has 2 heteroatoms. The fraction of sp³-hybridized carbons (Fsp3) is 0.455. The molecular formula is C11H16ClN. The van der Waals surface area contributed by atoms with E-state index >= 15 is 0 Å². The summed E-state index contributed by atoms with van der Waals surface area (Å²) in [7, 11) is 1.97. The SMILES string of the molecule is CNCCc1cc(Cl)cc(C)c1C. The van der Waals surface area contributed by atoms with E-state index < -0.39 is 0 Å². The zero-order valence-corrected chi connectivity index (χ0v) is 9.20. The van der Waals surface area contributed by atoms with Crippen molar-refractivity contribution in [2.45, 2.75) is 20.3 Å². The van der Waals surface area contributed by atoms with E-state index in [1.807, 2.05) is 13.1 Å². The third kappa shape index (κ3) is 2.71. The van der Waals surface area contributed by atoms with E-state index in [-0.39, 0.29) is 0 Å². The molecule has 0 saturated heterocycles. The lowest BCUT2D eigenvalue weighted by Gasteiger charge is -2.09. The Labute approximate surface area is 85.1 Å². The Kier molecular flexibility index (Phi) is 3.76. The zero-order valence-electron chi connectivity index (χ0n) is 8.45. The number of nitrogens with one attached hydrogen (secondary N) is 1. The van der Waals surface area contributed by atoms with Crippen LogP contribution in [0, 0.1) is 13.8 Å². The summed E-state index contributed by atoms with van der Waals surface area (Å²) in [5, 5.41) is 3.98. The molecule has 0 aliphatic rings. The van der Waals surface area contributed by atoms with Crippen LogP contribution >= 0.6 is 11.6 Å². The Hall–Kier alpha value is -0.530. The highest BCUT2D eigenvalue weighted by molar-refractivity contribution is 6.30. The average molecular weight is 198 g/mol. The summed E-state index contributed by atoms with van der Waals surface area (Å²) in [6.07, 6.45) is 1.05. The highest BCUT2D eigenvalue weighted by atomic mass is 35.5. The maximum Gasteiger partial charge on any atom is 0.0411 e. The Morgan fingerprint density at radius 1 is 1.31 bits per heavy atom. The van der Waals surface area contributed by atoms with Crippen molar-refractivity contribution in [2.24, 2.45) is 0 Å². The summed E-state index contributed by atoms with van der Waals surface area (Å²) >= 11 is 5.98. The first-order valence-electron chi connectivity index (χ1n) is 4.55. The van der Waals surface area contributed by atoms with Crippen molar-refractivity contribution in [1.29, 1.82) is 0 Å². The van der Waals surface area contributed by atoms with E-state index in [2.05, 4.69) is 25.2 Å². The monoisotopic (exact) mass is 197 g/mol. The van der Waals surface area contributed by atoms with Gasteiger partial charge in [-0.15, -0.1) is 0 Å². The molecule has 0 unspecified atom stereocenters. The Balaban J connectivity index is 2.92. The minimum Gasteiger partial charge on any atom is -0.319 e. The second-order valence-corrected chi connectivity index (χ2v) is 3.80. The van der Waals surface area contributed by atoms with Crippen LogP contribution in [0.2, 0.25) is 5.02 Å². The number of hydrogen-bond acceptors (Lipinski definition) is 1. The molecule has 0 amide bonds. The maximum atomic E-state index is 5.98. The highest BCUT2D eigenvalue weighted by Gasteiger charge is 2.02. The third-order valence-electron chi connectivity index (χ3n) is 2.38. The second-order valence-electron chi connectivity index (χ2n) is 3.36. The van der Waals surface area contributed by atoms with Gasteiger partial charge in [0.25, 0.3) is 0 Å². The van der Waals surface area contributed by atoms with Crippen LogP contribution in [0.1, 0.15) is 16.7 Å². The Bertz CT molecular complexity index is 294. The summed E-state index contributed by atoms with van der Waals surface area (Å²) in [4.78, 5) is 0. The van der Waals surface area contributed by atoms with E-state index in [1.54, 1.807) is 0 Å². The quantitative estimate of drug-likeness (QED) is 0.786. The van der Waals surface area contributed by atoms with Gasteiger partial charge >= 0.3 is 0 Å². The van der Waals surface area contributed by atoms with Crippen LogP contribution in [0.25, 0.3) is 0 Å². The molecule has 0 aliphatic heterocycles. The molecule has 0 fully saturated rings. The van der Waals surface area contributed by atoms with Crippen molar-refractivity contribution in [3.05, 3.63) is 33.8 Å². The minimum absolute atomic E-state index is 0.842. The van der Waals surface area contributed by atoms with E-state index in [0.717, 1.165) is 18.0 Å². The van der Waals surface area contributed by atoms with Crippen LogP contribution in [0.4, 0.5) is 0 Å². The number of hydrogen-bond donors (Lipinski definition) is 1. The molecule has 0 aromatic heterocycles. The third-order valence-corrected chi connectivity index (χ3v) is 2.60. The zero-order chi connectivity index (χ0) is 9.84. The molecule has 72 valence electrons. The molecule has 0 bridgehead atoms. The first kappa shape index (κ1) is 10.6. The van der Waals surface area contributed by atoms with Gasteiger partial charge in [-0.3, -0.25) is 0 Å². The van der Waals surface area contributed by atoms with Crippen molar-refractivity contribution in [1.82, 2.24) is 5.32 Å². The fourth-order valence-corrected chi connectivity index (χ4v) is 1.70. The van der Waals surface area contributed by atoms with E-state index in [9.17, 15) is 0 Å². The minimum atomic E-state index is 0.842. The van der Waals surface area contributed by atoms with E-state index in [1.165, 1.54) is 16.7 Å². The summed E-state index contributed by atoms with van der Waals surface area (Å²) in [5.74, 6) is 0. The number of halogens is 1. The number of aryl methyl sites for hydroxylation is 1. The molecule has 0 saturated carbocycles. The normalized spacial score (nSPS) is 10.5. The van der Waals surface area contributed by atoms with E-state index in [0.29, 0.717) is 0 Å². The van der Waals surface area contributed by atoms with Crippen LogP contribution in [0.15, 0.2) is 12.1 Å². The summed E-state index contributed by atoms with van der Waals surface area (Å²) in [6, 6.07) is 4.07. The molecule has 0 atom stereocenters. The molecule has 1 aromatic carbocycles. The fourth-order valence-electron chi connectivity index (χ4n) is 1.40. The van der Waals surface area contributed by atoms with Gasteiger partial charge in [-0.05, 0) is 62.7 Å². The van der Waals surface area contributed by atoms with Crippen molar-refractivity contribution in [2.75, 3.05) is 13.6 Å². The number of benzene rings is 1. The number of rotatable bonds is 3. The van der Waals surface area contributed by atoms with Crippen molar-refractivity contribution < 1.29 is 0 Å². The Morgan fingerprint density at radius 2 is 2.00 bits per heavy atom. The molecule has 1 aromatic rings. The predicted molar refractivity (Wildman–Crippen MR) is 58.6 cm³/mol. The first-order valence-corrected chi connectivity index (χ1v) is 4.93. The van der Waals surface area contributed by atoms with Crippen molar-refractivity contribution in [3.8, 4) is 0 Å². The van der Waals surface area contributed by atoms with Gasteiger partial charge in [0.1, 0.15) is 0 Å². The molecule has 0 spiro atoms. The van der Waals surface area contributed by atoms with Crippen LogP contribution in [0.5, 0.6) is 0 Å². The van der Waals surface area contributed by atoms with Crippen LogP contribution in [0.3, 0.4) is 0 Å². The second kappa shape index (κ2) is 4.64. The summed E-state index contributed by atoms with van der Waals surface area (Å²) in [6.45, 7) is 5.25. The van der Waals surface area contributed by atoms with Gasteiger partial charge < -0.3 is 5.32 Å². The van der Waals surface area contributed by atoms with Gasteiger partial charge in [0, 0.05) is 5.02 Å². The van der Waals surface area contributed by atoms with Gasteiger partial charge in [0.2, 0.25) is 0 Å². The van der Waals surface area contributed by atoms with E-state index in [4.69, 9.17) is 11.6 Å². The highest BCUT2D eigenvalue weighted by Crippen LogP contribution is 2.19. The molecule has 0 radical (unpaired) electrons. The van der Waals surface area contributed by atoms with Crippen molar-refractivity contribution in [3.63, 3.8) is 0 Å². The predicted octanol–water partition coefficient (Wildman–Crippen LogP) is 2.72. The van der Waals surface area contributed by atoms with Crippen LogP contribution in [-0.2, 0) is 6.42 Å². The van der Waals surface area contributed by atoms with Gasteiger partial charge in [-0.2, -0.15) is 0 Å². The average Bonchev–Trinajstić information content (AvgIpc) is 2.09. The molecule has 1 nitrogen and oxygen atoms in total. The van der Waals surface area contributed by atoms with Crippen LogP contribution in [-0.4, -0.2) is 13.6 Å². The van der Waals surface area contributed by atoms with Gasteiger partial charge in [0.15, 0.2) is 0 Å². The summed E-state index contributed by atoms with van der Waals surface area (Å²) < 4.78 is 0. The first-order chi connectivity index (χ1) is 6.15. The molecule has 0 aliphatic carbocycles. The van der Waals surface area contributed by atoms with Gasteiger partial charge in [0.05, 0.1) is 0 Å². The molecule has 1 rings (SSSR count). The lowest BCUT2D eigenvalue weighted by atomic mass is 10.0. The standard InChI is InChI=1S/C11H16ClN/c1-8-6-11(12)7-10(9(8)2)4-5-13-3/h6-7,13H,4-5H2,1-3H3. The van der Waals surface area contributed by atoms with Crippen molar-refractivity contribution >= 4 is 11.6 Å². The van der Waals surface area contributed by atoms with Gasteiger partial charge in [-0.1, -0.05) is 11.6 Å². The largest absolute Gasteiger partial charge is 0.319 e. The smallest absolute Gasteiger partial charge is 0.0411 e. The molecule has 1 N–H and O–H groups in total. The molecule has 0 heterocycles. The maximum absolute atomic E-state index is 5.98. The van der Waals surface area contributed by atoms with Gasteiger partial charge in [-0.25, -0.2) is 0 Å². The van der Waals surface area contributed by atoms with Crippen LogP contribution < -0.4 is 5.32 Å².